The van der Waals surface area contributed by atoms with E-state index < -0.39 is 0 Å². The molecule has 3 heteroatoms. The molecule has 1 aliphatic rings. The van der Waals surface area contributed by atoms with E-state index in [4.69, 9.17) is 11.6 Å². The van der Waals surface area contributed by atoms with Crippen molar-refractivity contribution < 1.29 is 4.79 Å². The largest absolute Gasteiger partial charge is 0.341 e. The van der Waals surface area contributed by atoms with Crippen LogP contribution in [-0.4, -0.2) is 5.91 Å². The molecule has 0 radical (unpaired) electrons. The molecule has 1 heterocycles. The summed E-state index contributed by atoms with van der Waals surface area (Å²) in [5.74, 6) is -0.0226. The van der Waals surface area contributed by atoms with Gasteiger partial charge >= 0.3 is 0 Å². The molecule has 0 saturated carbocycles. The van der Waals surface area contributed by atoms with Gasteiger partial charge in [0, 0.05) is 10.6 Å². The van der Waals surface area contributed by atoms with Gasteiger partial charge in [0.25, 0.3) is 5.91 Å². The molecular weight excluding hydrogens is 234 g/mol. The second kappa shape index (κ2) is 3.90. The van der Waals surface area contributed by atoms with E-state index in [1.165, 1.54) is 0 Å². The Kier molecular flexibility index (Phi) is 2.37. The summed E-state index contributed by atoms with van der Waals surface area (Å²) in [6.45, 7) is 0. The number of nitrogens with one attached hydrogen (secondary N) is 1. The van der Waals surface area contributed by atoms with Crippen molar-refractivity contribution in [2.75, 3.05) is 0 Å². The molecule has 1 aliphatic heterocycles. The molecule has 0 spiro atoms. The van der Waals surface area contributed by atoms with Gasteiger partial charge in [-0.2, -0.15) is 0 Å². The number of hydrogen-bond donors (Lipinski definition) is 1. The van der Waals surface area contributed by atoms with Gasteiger partial charge < -0.3 is 5.32 Å². The van der Waals surface area contributed by atoms with Crippen molar-refractivity contribution in [2.45, 2.75) is 6.04 Å². The van der Waals surface area contributed by atoms with Crippen LogP contribution in [0.15, 0.2) is 48.5 Å². The van der Waals surface area contributed by atoms with Crippen LogP contribution in [0.4, 0.5) is 0 Å². The van der Waals surface area contributed by atoms with Gasteiger partial charge in [-0.1, -0.05) is 41.9 Å². The number of carbonyl (C=O) groups excluding carboxylic acids is 1. The SMILES string of the molecule is O=C1NC(c2cccc(Cl)c2)c2ccccc21. The van der Waals surface area contributed by atoms with Gasteiger partial charge in [0.05, 0.1) is 6.04 Å². The standard InChI is InChI=1S/C14H10ClNO/c15-10-5-3-4-9(8-10)13-11-6-1-2-7-12(11)14(17)16-13/h1-8,13H,(H,16,17). The van der Waals surface area contributed by atoms with E-state index >= 15 is 0 Å². The molecule has 2 aromatic rings. The third kappa shape index (κ3) is 1.71. The number of carbonyl (C=O) groups is 1. The molecule has 1 unspecified atom stereocenters. The molecule has 1 atom stereocenters. The van der Waals surface area contributed by atoms with E-state index in [9.17, 15) is 4.79 Å². The Balaban J connectivity index is 2.10. The highest BCUT2D eigenvalue weighted by molar-refractivity contribution is 6.30. The molecule has 2 nitrogen and oxygen atoms in total. The summed E-state index contributed by atoms with van der Waals surface area (Å²) >= 11 is 5.97. The second-order valence-corrected chi connectivity index (χ2v) is 4.49. The molecule has 0 aromatic heterocycles. The number of fused-ring (bicyclic) bond motifs is 1. The van der Waals surface area contributed by atoms with Crippen molar-refractivity contribution in [3.8, 4) is 0 Å². The van der Waals surface area contributed by atoms with Crippen LogP contribution in [0.25, 0.3) is 0 Å². The van der Waals surface area contributed by atoms with Crippen molar-refractivity contribution in [1.29, 1.82) is 0 Å². The monoisotopic (exact) mass is 243 g/mol. The zero-order valence-electron chi connectivity index (χ0n) is 8.98. The molecule has 0 fully saturated rings. The van der Waals surface area contributed by atoms with Gasteiger partial charge in [-0.3, -0.25) is 4.79 Å². The van der Waals surface area contributed by atoms with Gasteiger partial charge in [-0.15, -0.1) is 0 Å². The van der Waals surface area contributed by atoms with Gasteiger partial charge in [0.15, 0.2) is 0 Å². The van der Waals surface area contributed by atoms with Gasteiger partial charge in [-0.05, 0) is 29.3 Å². The lowest BCUT2D eigenvalue weighted by molar-refractivity contribution is 0.0960. The van der Waals surface area contributed by atoms with E-state index in [2.05, 4.69) is 5.32 Å². The molecule has 1 N–H and O–H groups in total. The quantitative estimate of drug-likeness (QED) is 0.819. The highest BCUT2D eigenvalue weighted by Gasteiger charge is 2.28. The van der Waals surface area contributed by atoms with Gasteiger partial charge in [0.2, 0.25) is 0 Å². The summed E-state index contributed by atoms with van der Waals surface area (Å²) in [5, 5.41) is 3.65. The first-order valence-corrected chi connectivity index (χ1v) is 5.79. The first kappa shape index (κ1) is 10.4. The number of benzene rings is 2. The average Bonchev–Trinajstić information content (AvgIpc) is 2.68. The zero-order valence-corrected chi connectivity index (χ0v) is 9.74. The topological polar surface area (TPSA) is 29.1 Å². The Bertz CT molecular complexity index is 594. The number of amides is 1. The second-order valence-electron chi connectivity index (χ2n) is 4.05. The predicted molar refractivity (Wildman–Crippen MR) is 67.2 cm³/mol. The van der Waals surface area contributed by atoms with E-state index in [1.807, 2.05) is 48.5 Å². The average molecular weight is 244 g/mol. The van der Waals surface area contributed by atoms with E-state index in [0.717, 1.165) is 16.7 Å². The van der Waals surface area contributed by atoms with E-state index in [-0.39, 0.29) is 11.9 Å². The number of rotatable bonds is 1. The minimum atomic E-state index is -0.0857. The Morgan fingerprint density at radius 2 is 1.88 bits per heavy atom. The lowest BCUT2D eigenvalue weighted by Gasteiger charge is -2.12. The van der Waals surface area contributed by atoms with E-state index in [1.54, 1.807) is 0 Å². The van der Waals surface area contributed by atoms with Crippen LogP contribution in [0.3, 0.4) is 0 Å². The molecule has 0 aliphatic carbocycles. The van der Waals surface area contributed by atoms with Crippen molar-refractivity contribution >= 4 is 17.5 Å². The lowest BCUT2D eigenvalue weighted by atomic mass is 9.99. The third-order valence-corrected chi connectivity index (χ3v) is 3.21. The first-order valence-electron chi connectivity index (χ1n) is 5.41. The van der Waals surface area contributed by atoms with Crippen molar-refractivity contribution in [2.24, 2.45) is 0 Å². The Morgan fingerprint density at radius 1 is 1.06 bits per heavy atom. The van der Waals surface area contributed by atoms with Crippen LogP contribution >= 0.6 is 11.6 Å². The molecular formula is C14H10ClNO. The third-order valence-electron chi connectivity index (χ3n) is 2.97. The molecule has 84 valence electrons. The molecule has 1 amide bonds. The predicted octanol–water partition coefficient (Wildman–Crippen LogP) is 3.17. The zero-order chi connectivity index (χ0) is 11.8. The maximum absolute atomic E-state index is 11.8. The molecule has 2 aromatic carbocycles. The van der Waals surface area contributed by atoms with Crippen LogP contribution in [0, 0.1) is 0 Å². The molecule has 0 bridgehead atoms. The van der Waals surface area contributed by atoms with Crippen LogP contribution in [-0.2, 0) is 0 Å². The highest BCUT2D eigenvalue weighted by atomic mass is 35.5. The van der Waals surface area contributed by atoms with Crippen molar-refractivity contribution in [1.82, 2.24) is 5.32 Å². The summed E-state index contributed by atoms with van der Waals surface area (Å²) in [6, 6.07) is 15.1. The fourth-order valence-corrected chi connectivity index (χ4v) is 2.39. The van der Waals surface area contributed by atoms with Crippen LogP contribution in [0.5, 0.6) is 0 Å². The maximum atomic E-state index is 11.8. The minimum absolute atomic E-state index is 0.0226. The van der Waals surface area contributed by atoms with E-state index in [0.29, 0.717) is 5.02 Å². The van der Waals surface area contributed by atoms with Crippen LogP contribution in [0.2, 0.25) is 5.02 Å². The highest BCUT2D eigenvalue weighted by Crippen LogP contribution is 2.31. The number of halogens is 1. The summed E-state index contributed by atoms with van der Waals surface area (Å²) in [7, 11) is 0. The fourth-order valence-electron chi connectivity index (χ4n) is 2.19. The molecule has 3 rings (SSSR count). The maximum Gasteiger partial charge on any atom is 0.252 e. The van der Waals surface area contributed by atoms with Crippen LogP contribution < -0.4 is 5.32 Å². The molecule has 0 saturated heterocycles. The normalized spacial score (nSPS) is 17.7. The lowest BCUT2D eigenvalue weighted by Crippen LogP contribution is -2.19. The Labute approximate surface area is 104 Å². The summed E-state index contributed by atoms with van der Waals surface area (Å²) in [4.78, 5) is 11.8. The van der Waals surface area contributed by atoms with Gasteiger partial charge in [-0.25, -0.2) is 0 Å². The fraction of sp³-hybridized carbons (Fsp3) is 0.0714. The van der Waals surface area contributed by atoms with Crippen molar-refractivity contribution in [3.05, 3.63) is 70.2 Å². The Hall–Kier alpha value is -1.80. The summed E-state index contributed by atoms with van der Waals surface area (Å²) in [5.41, 5.74) is 2.77. The van der Waals surface area contributed by atoms with Crippen LogP contribution in [0.1, 0.15) is 27.5 Å². The molecule has 17 heavy (non-hydrogen) atoms. The minimum Gasteiger partial charge on any atom is -0.341 e. The number of hydrogen-bond acceptors (Lipinski definition) is 1. The summed E-state index contributed by atoms with van der Waals surface area (Å²) in [6.07, 6.45) is 0. The Morgan fingerprint density at radius 3 is 2.71 bits per heavy atom. The van der Waals surface area contributed by atoms with Gasteiger partial charge in [0.1, 0.15) is 0 Å². The first-order chi connectivity index (χ1) is 8.25. The summed E-state index contributed by atoms with van der Waals surface area (Å²) < 4.78 is 0. The van der Waals surface area contributed by atoms with Crippen molar-refractivity contribution in [3.63, 3.8) is 0 Å². The smallest absolute Gasteiger partial charge is 0.252 e.